The fourth-order valence-corrected chi connectivity index (χ4v) is 4.01. The molecule has 0 aromatic heterocycles. The summed E-state index contributed by atoms with van der Waals surface area (Å²) in [6, 6.07) is 14.7. The first-order chi connectivity index (χ1) is 16.3. The molecule has 0 radical (unpaired) electrons. The zero-order chi connectivity index (χ0) is 26.0. The van der Waals surface area contributed by atoms with Crippen molar-refractivity contribution in [2.45, 2.75) is 70.7 Å². The predicted octanol–water partition coefficient (Wildman–Crippen LogP) is 3.51. The van der Waals surface area contributed by atoms with Gasteiger partial charge < -0.3 is 25.2 Å². The second-order valence-corrected chi connectivity index (χ2v) is 10.3. The first kappa shape index (κ1) is 26.2. The Morgan fingerprint density at radius 1 is 0.943 bits per heavy atom. The van der Waals surface area contributed by atoms with Crippen LogP contribution in [0.1, 0.15) is 58.6 Å². The Balaban J connectivity index is 1.63. The van der Waals surface area contributed by atoms with Crippen molar-refractivity contribution in [3.05, 3.63) is 59.7 Å². The van der Waals surface area contributed by atoms with Gasteiger partial charge in [-0.1, -0.05) is 48.5 Å². The van der Waals surface area contributed by atoms with Gasteiger partial charge in [-0.25, -0.2) is 9.59 Å². The lowest BCUT2D eigenvalue weighted by atomic mass is 9.98. The molecule has 0 aliphatic heterocycles. The number of hydrogen-bond donors (Lipinski definition) is 3. The number of hydrogen-bond acceptors (Lipinski definition) is 6. The molecule has 1 aliphatic rings. The van der Waals surface area contributed by atoms with Crippen molar-refractivity contribution in [3.8, 4) is 11.1 Å². The van der Waals surface area contributed by atoms with Gasteiger partial charge in [-0.2, -0.15) is 0 Å². The number of benzene rings is 2. The second kappa shape index (κ2) is 10.1. The molecule has 2 aromatic rings. The molecule has 2 amide bonds. The Morgan fingerprint density at radius 3 is 1.94 bits per heavy atom. The quantitative estimate of drug-likeness (QED) is 0.521. The number of carbonyl (C=O) groups excluding carboxylic acids is 3. The molecule has 3 N–H and O–H groups in total. The lowest BCUT2D eigenvalue weighted by Gasteiger charge is -2.30. The number of nitrogens with one attached hydrogen (secondary N) is 2. The minimum atomic E-state index is -1.42. The van der Waals surface area contributed by atoms with Gasteiger partial charge in [0.2, 0.25) is 5.91 Å². The maximum Gasteiger partial charge on any atom is 0.408 e. The van der Waals surface area contributed by atoms with E-state index in [0.29, 0.717) is 0 Å². The Bertz CT molecular complexity index is 1060. The normalized spacial score (nSPS) is 14.8. The van der Waals surface area contributed by atoms with Gasteiger partial charge >= 0.3 is 12.1 Å². The van der Waals surface area contributed by atoms with Gasteiger partial charge in [-0.15, -0.1) is 0 Å². The summed E-state index contributed by atoms with van der Waals surface area (Å²) in [5.41, 5.74) is 2.18. The first-order valence-corrected chi connectivity index (χ1v) is 11.6. The number of aliphatic hydroxyl groups is 1. The molecule has 0 saturated heterocycles. The highest BCUT2D eigenvalue weighted by atomic mass is 16.6. The Morgan fingerprint density at radius 2 is 1.46 bits per heavy atom. The van der Waals surface area contributed by atoms with E-state index in [1.807, 2.05) is 48.5 Å². The number of esters is 1. The number of fused-ring (bicyclic) bond motifs is 3. The van der Waals surface area contributed by atoms with Crippen LogP contribution in [0.15, 0.2) is 48.5 Å². The summed E-state index contributed by atoms with van der Waals surface area (Å²) < 4.78 is 10.8. The van der Waals surface area contributed by atoms with E-state index < -0.39 is 41.3 Å². The van der Waals surface area contributed by atoms with E-state index in [1.165, 1.54) is 20.8 Å². The van der Waals surface area contributed by atoms with Gasteiger partial charge in [0, 0.05) is 5.92 Å². The van der Waals surface area contributed by atoms with E-state index in [1.54, 1.807) is 20.8 Å². The van der Waals surface area contributed by atoms with Gasteiger partial charge in [-0.05, 0) is 63.8 Å². The monoisotopic (exact) mass is 482 g/mol. The molecule has 0 saturated carbocycles. The molecular weight excluding hydrogens is 448 g/mol. The Labute approximate surface area is 206 Å². The summed E-state index contributed by atoms with van der Waals surface area (Å²) in [7, 11) is 0. The van der Waals surface area contributed by atoms with Gasteiger partial charge in [0.05, 0.1) is 6.10 Å². The molecule has 8 nitrogen and oxygen atoms in total. The van der Waals surface area contributed by atoms with Crippen molar-refractivity contribution in [1.82, 2.24) is 10.6 Å². The average molecular weight is 483 g/mol. The van der Waals surface area contributed by atoms with Crippen LogP contribution in [0, 0.1) is 0 Å². The van der Waals surface area contributed by atoms with E-state index in [9.17, 15) is 19.5 Å². The molecule has 3 rings (SSSR count). The number of ether oxygens (including phenoxy) is 2. The third-order valence-corrected chi connectivity index (χ3v) is 5.76. The highest BCUT2D eigenvalue weighted by Crippen LogP contribution is 2.44. The molecule has 35 heavy (non-hydrogen) atoms. The molecular formula is C27H34N2O6. The third-order valence-electron chi connectivity index (χ3n) is 5.76. The molecule has 188 valence electrons. The van der Waals surface area contributed by atoms with E-state index in [0.717, 1.165) is 22.3 Å². The number of alkyl carbamates (subject to hydrolysis) is 1. The summed E-state index contributed by atoms with van der Waals surface area (Å²) in [6.45, 7) is 9.51. The summed E-state index contributed by atoms with van der Waals surface area (Å²) in [6.07, 6.45) is -1.96. The van der Waals surface area contributed by atoms with E-state index in [4.69, 9.17) is 9.47 Å². The molecule has 2 atom stereocenters. The Kier molecular flexibility index (Phi) is 7.55. The van der Waals surface area contributed by atoms with Crippen LogP contribution in [0.3, 0.4) is 0 Å². The number of rotatable bonds is 7. The van der Waals surface area contributed by atoms with Crippen LogP contribution in [-0.2, 0) is 19.1 Å². The lowest BCUT2D eigenvalue weighted by Crippen LogP contribution is -2.60. The van der Waals surface area contributed by atoms with Crippen LogP contribution in [0.2, 0.25) is 0 Å². The van der Waals surface area contributed by atoms with E-state index >= 15 is 0 Å². The number of amides is 2. The molecule has 0 spiro atoms. The van der Waals surface area contributed by atoms with Crippen molar-refractivity contribution < 1.29 is 29.0 Å². The van der Waals surface area contributed by atoms with Crippen LogP contribution >= 0.6 is 0 Å². The number of aliphatic hydroxyl groups excluding tert-OH is 1. The highest BCUT2D eigenvalue weighted by Gasteiger charge is 2.37. The zero-order valence-corrected chi connectivity index (χ0v) is 21.0. The fraction of sp³-hybridized carbons (Fsp3) is 0.444. The summed E-state index contributed by atoms with van der Waals surface area (Å²) >= 11 is 0. The predicted molar refractivity (Wildman–Crippen MR) is 132 cm³/mol. The minimum absolute atomic E-state index is 0.103. The van der Waals surface area contributed by atoms with Gasteiger partial charge in [0.25, 0.3) is 0 Å². The van der Waals surface area contributed by atoms with Crippen LogP contribution in [0.25, 0.3) is 11.1 Å². The van der Waals surface area contributed by atoms with E-state index in [-0.39, 0.29) is 12.5 Å². The summed E-state index contributed by atoms with van der Waals surface area (Å²) in [5.74, 6) is -1.54. The molecule has 0 heterocycles. The molecule has 8 heteroatoms. The smallest absolute Gasteiger partial charge is 0.408 e. The Hall–Kier alpha value is -3.39. The van der Waals surface area contributed by atoms with Crippen LogP contribution < -0.4 is 10.6 Å². The fourth-order valence-electron chi connectivity index (χ4n) is 4.01. The van der Waals surface area contributed by atoms with Gasteiger partial charge in [0.15, 0.2) is 6.04 Å². The molecule has 0 bridgehead atoms. The van der Waals surface area contributed by atoms with Crippen molar-refractivity contribution in [2.75, 3.05) is 6.61 Å². The largest absolute Gasteiger partial charge is 0.458 e. The van der Waals surface area contributed by atoms with Crippen LogP contribution in [-0.4, -0.2) is 53.0 Å². The van der Waals surface area contributed by atoms with Crippen molar-refractivity contribution >= 4 is 18.0 Å². The average Bonchev–Trinajstić information content (AvgIpc) is 3.07. The maximum atomic E-state index is 12.9. The standard InChI is InChI=1S/C27H34N2O6/c1-16(30)22(23(31)35-26(2,3)4)28-24(32)27(5,6)29-25(33)34-15-21-19-13-9-7-11-17(19)18-12-8-10-14-20(18)21/h7-14,16,21-22,30H,15H2,1-6H3,(H,28,32)(H,29,33)/t16-,22+/m1/s1. The third kappa shape index (κ3) is 6.19. The van der Waals surface area contributed by atoms with Crippen molar-refractivity contribution in [2.24, 2.45) is 0 Å². The molecule has 0 fully saturated rings. The number of carbonyl (C=O) groups is 3. The topological polar surface area (TPSA) is 114 Å². The minimum Gasteiger partial charge on any atom is -0.458 e. The molecule has 0 unspecified atom stereocenters. The second-order valence-electron chi connectivity index (χ2n) is 10.3. The summed E-state index contributed by atoms with van der Waals surface area (Å²) in [5, 5.41) is 15.0. The SMILES string of the molecule is C[C@@H](O)[C@H](NC(=O)C(C)(C)NC(=O)OCC1c2ccccc2-c2ccccc21)C(=O)OC(C)(C)C. The van der Waals surface area contributed by atoms with Crippen molar-refractivity contribution in [3.63, 3.8) is 0 Å². The summed E-state index contributed by atoms with van der Waals surface area (Å²) in [4.78, 5) is 37.9. The van der Waals surface area contributed by atoms with Crippen molar-refractivity contribution in [1.29, 1.82) is 0 Å². The maximum absolute atomic E-state index is 12.9. The van der Waals surface area contributed by atoms with Crippen LogP contribution in [0.4, 0.5) is 4.79 Å². The van der Waals surface area contributed by atoms with Gasteiger partial charge in [-0.3, -0.25) is 4.79 Å². The molecule has 2 aromatic carbocycles. The van der Waals surface area contributed by atoms with Gasteiger partial charge in [0.1, 0.15) is 17.7 Å². The lowest BCUT2D eigenvalue weighted by molar-refractivity contribution is -0.162. The van der Waals surface area contributed by atoms with E-state index in [2.05, 4.69) is 10.6 Å². The molecule has 1 aliphatic carbocycles. The first-order valence-electron chi connectivity index (χ1n) is 11.6. The van der Waals surface area contributed by atoms with Crippen LogP contribution in [0.5, 0.6) is 0 Å². The zero-order valence-electron chi connectivity index (χ0n) is 21.0. The highest BCUT2D eigenvalue weighted by molar-refractivity contribution is 5.92.